The van der Waals surface area contributed by atoms with Gasteiger partial charge < -0.3 is 10.5 Å². The molecule has 2 aromatic carbocycles. The number of rotatable bonds is 2. The summed E-state index contributed by atoms with van der Waals surface area (Å²) in [6, 6.07) is 21.5. The van der Waals surface area contributed by atoms with Gasteiger partial charge in [-0.3, -0.25) is 0 Å². The van der Waals surface area contributed by atoms with Gasteiger partial charge in [-0.1, -0.05) is 72.7 Å². The molecule has 3 heteroatoms. The zero-order chi connectivity index (χ0) is 14.7. The molecule has 0 unspecified atom stereocenters. The van der Waals surface area contributed by atoms with E-state index in [2.05, 4.69) is 65.9 Å². The number of benzene rings is 2. The molecule has 0 amide bonds. The second kappa shape index (κ2) is 6.10. The maximum Gasteiger partial charge on any atom is 0.120 e. The zero-order valence-electron chi connectivity index (χ0n) is 12.2. The van der Waals surface area contributed by atoms with Crippen LogP contribution in [0.3, 0.4) is 0 Å². The molecular formula is C18H21N2O+. The first-order chi connectivity index (χ1) is 10.3. The van der Waals surface area contributed by atoms with E-state index in [0.717, 1.165) is 12.1 Å². The lowest BCUT2D eigenvalue weighted by atomic mass is 9.81. The van der Waals surface area contributed by atoms with Crippen LogP contribution in [0.1, 0.15) is 36.6 Å². The van der Waals surface area contributed by atoms with Crippen molar-refractivity contribution in [3.63, 3.8) is 0 Å². The summed E-state index contributed by atoms with van der Waals surface area (Å²) < 4.78 is 0. The molecule has 1 heterocycles. The molecule has 1 aliphatic heterocycles. The lowest BCUT2D eigenvalue weighted by molar-refractivity contribution is -0.741. The predicted molar refractivity (Wildman–Crippen MR) is 83.3 cm³/mol. The van der Waals surface area contributed by atoms with E-state index in [9.17, 15) is 5.21 Å². The summed E-state index contributed by atoms with van der Waals surface area (Å²) in [6.45, 7) is 2.14. The first-order valence-electron chi connectivity index (χ1n) is 7.45. The van der Waals surface area contributed by atoms with Gasteiger partial charge in [0.2, 0.25) is 0 Å². The van der Waals surface area contributed by atoms with E-state index in [-0.39, 0.29) is 12.0 Å². The average molecular weight is 281 g/mol. The highest BCUT2D eigenvalue weighted by molar-refractivity contribution is 5.87. The number of hydrogen-bond acceptors (Lipinski definition) is 2. The number of piperidine rings is 1. The Hall–Kier alpha value is -2.13. The third kappa shape index (κ3) is 2.83. The van der Waals surface area contributed by atoms with Gasteiger partial charge in [-0.25, -0.2) is 0 Å². The Balaban J connectivity index is 1.93. The monoisotopic (exact) mass is 281 g/mol. The fraction of sp³-hybridized carbons (Fsp3) is 0.278. The minimum atomic E-state index is 0.234. The molecule has 0 radical (unpaired) electrons. The molecule has 1 fully saturated rings. The van der Waals surface area contributed by atoms with E-state index in [0.29, 0.717) is 6.04 Å². The van der Waals surface area contributed by atoms with Crippen molar-refractivity contribution < 1.29 is 10.5 Å². The van der Waals surface area contributed by atoms with Crippen LogP contribution >= 0.6 is 0 Å². The quantitative estimate of drug-likeness (QED) is 0.645. The Kier molecular flexibility index (Phi) is 4.02. The van der Waals surface area contributed by atoms with Gasteiger partial charge in [0.25, 0.3) is 0 Å². The Morgan fingerprint density at radius 1 is 0.952 bits per heavy atom. The first kappa shape index (κ1) is 13.8. The van der Waals surface area contributed by atoms with E-state index in [1.54, 1.807) is 0 Å². The fourth-order valence-corrected chi connectivity index (χ4v) is 3.24. The molecule has 0 aliphatic carbocycles. The molecule has 0 aromatic heterocycles. The molecule has 1 saturated heterocycles. The molecule has 3 rings (SSSR count). The van der Waals surface area contributed by atoms with Crippen LogP contribution in [0.25, 0.3) is 0 Å². The third-order valence-corrected chi connectivity index (χ3v) is 4.47. The lowest BCUT2D eigenvalue weighted by Crippen LogP contribution is -2.90. The van der Waals surface area contributed by atoms with Crippen LogP contribution in [0.4, 0.5) is 0 Å². The smallest absolute Gasteiger partial charge is 0.120 e. The third-order valence-electron chi connectivity index (χ3n) is 4.47. The summed E-state index contributed by atoms with van der Waals surface area (Å²) in [6.07, 6.45) is 0.797. The molecule has 0 saturated carbocycles. The molecule has 1 aliphatic rings. The zero-order valence-corrected chi connectivity index (χ0v) is 12.2. The molecule has 3 N–H and O–H groups in total. The highest BCUT2D eigenvalue weighted by atomic mass is 16.4. The number of nitrogens with zero attached hydrogens (tertiary/aromatic N) is 1. The highest BCUT2D eigenvalue weighted by Gasteiger charge is 2.37. The standard InChI is InChI=1S/C18H20N2O/c1-13-16(20-21)12-17(14-8-4-2-5-9-14)19-18(13)15-10-6-3-7-11-15/h2-11,13,17-19,21H,12H2,1H3/p+1/b20-16-/t13-,17+,18+/m1/s1. The van der Waals surface area contributed by atoms with Crippen LogP contribution in [-0.4, -0.2) is 10.9 Å². The van der Waals surface area contributed by atoms with Gasteiger partial charge in [-0.2, -0.15) is 0 Å². The average Bonchev–Trinajstić information content (AvgIpc) is 2.56. The summed E-state index contributed by atoms with van der Waals surface area (Å²) in [5.74, 6) is 0.234. The lowest BCUT2D eigenvalue weighted by Gasteiger charge is -2.33. The Labute approximate surface area is 125 Å². The maximum atomic E-state index is 9.36. The van der Waals surface area contributed by atoms with Crippen LogP contribution in [0, 0.1) is 5.92 Å². The SMILES string of the molecule is C[C@@H]1/C(=N\O)C[C@@H](c2ccccc2)[NH2+][C@@H]1c1ccccc1. The molecule has 108 valence electrons. The van der Waals surface area contributed by atoms with Gasteiger partial charge in [0.1, 0.15) is 12.1 Å². The second-order valence-corrected chi connectivity index (χ2v) is 5.73. The van der Waals surface area contributed by atoms with Crippen LogP contribution in [0.2, 0.25) is 0 Å². The van der Waals surface area contributed by atoms with E-state index >= 15 is 0 Å². The van der Waals surface area contributed by atoms with Crippen molar-refractivity contribution >= 4 is 5.71 Å². The number of quaternary nitrogens is 1. The summed E-state index contributed by atoms with van der Waals surface area (Å²) >= 11 is 0. The van der Waals surface area contributed by atoms with Crippen molar-refractivity contribution in [3.8, 4) is 0 Å². The van der Waals surface area contributed by atoms with Crippen LogP contribution < -0.4 is 5.32 Å². The molecule has 0 spiro atoms. The normalized spacial score (nSPS) is 27.7. The maximum absolute atomic E-state index is 9.36. The van der Waals surface area contributed by atoms with E-state index in [1.165, 1.54) is 11.1 Å². The van der Waals surface area contributed by atoms with E-state index < -0.39 is 0 Å². The van der Waals surface area contributed by atoms with Crippen molar-refractivity contribution in [1.29, 1.82) is 0 Å². The van der Waals surface area contributed by atoms with Gasteiger partial charge in [0, 0.05) is 17.5 Å². The highest BCUT2D eigenvalue weighted by Crippen LogP contribution is 2.29. The van der Waals surface area contributed by atoms with Gasteiger partial charge >= 0.3 is 0 Å². The molecule has 3 atom stereocenters. The van der Waals surface area contributed by atoms with Crippen LogP contribution in [-0.2, 0) is 0 Å². The van der Waals surface area contributed by atoms with Gasteiger partial charge in [-0.15, -0.1) is 0 Å². The topological polar surface area (TPSA) is 49.2 Å². The summed E-state index contributed by atoms with van der Waals surface area (Å²) in [5, 5.41) is 15.3. The van der Waals surface area contributed by atoms with Crippen LogP contribution in [0.5, 0.6) is 0 Å². The molecule has 0 bridgehead atoms. The first-order valence-corrected chi connectivity index (χ1v) is 7.45. The Morgan fingerprint density at radius 2 is 1.52 bits per heavy atom. The van der Waals surface area contributed by atoms with Crippen molar-refractivity contribution in [3.05, 3.63) is 71.8 Å². The molecular weight excluding hydrogens is 260 g/mol. The van der Waals surface area contributed by atoms with E-state index in [4.69, 9.17) is 0 Å². The second-order valence-electron chi connectivity index (χ2n) is 5.73. The summed E-state index contributed by atoms with van der Waals surface area (Å²) in [5.41, 5.74) is 3.46. The number of hydrogen-bond donors (Lipinski definition) is 2. The minimum Gasteiger partial charge on any atom is -0.411 e. The van der Waals surface area contributed by atoms with Gasteiger partial charge in [-0.05, 0) is 0 Å². The predicted octanol–water partition coefficient (Wildman–Crippen LogP) is 2.90. The fourth-order valence-electron chi connectivity index (χ4n) is 3.24. The minimum absolute atomic E-state index is 0.234. The van der Waals surface area contributed by atoms with Crippen LogP contribution in [0.15, 0.2) is 65.8 Å². The molecule has 2 aromatic rings. The number of nitrogens with two attached hydrogens (primary N) is 1. The van der Waals surface area contributed by atoms with Crippen molar-refractivity contribution in [2.24, 2.45) is 11.1 Å². The van der Waals surface area contributed by atoms with E-state index in [1.807, 2.05) is 12.1 Å². The van der Waals surface area contributed by atoms with Crippen molar-refractivity contribution in [1.82, 2.24) is 0 Å². The molecule has 21 heavy (non-hydrogen) atoms. The van der Waals surface area contributed by atoms with Gasteiger partial charge in [0.15, 0.2) is 0 Å². The van der Waals surface area contributed by atoms with Crippen molar-refractivity contribution in [2.75, 3.05) is 0 Å². The van der Waals surface area contributed by atoms with Gasteiger partial charge in [0.05, 0.1) is 11.6 Å². The van der Waals surface area contributed by atoms with Crippen molar-refractivity contribution in [2.45, 2.75) is 25.4 Å². The number of oxime groups is 1. The Morgan fingerprint density at radius 3 is 2.10 bits per heavy atom. The largest absolute Gasteiger partial charge is 0.411 e. The summed E-state index contributed by atoms with van der Waals surface area (Å²) in [7, 11) is 0. The molecule has 3 nitrogen and oxygen atoms in total. The Bertz CT molecular complexity index is 610. The summed E-state index contributed by atoms with van der Waals surface area (Å²) in [4.78, 5) is 0.